The van der Waals surface area contributed by atoms with Gasteiger partial charge in [0, 0.05) is 63.2 Å². The van der Waals surface area contributed by atoms with Gasteiger partial charge in [-0.2, -0.15) is 4.98 Å². The maximum atomic E-state index is 14.4. The Kier molecular flexibility index (Phi) is 8.40. The van der Waals surface area contributed by atoms with E-state index in [4.69, 9.17) is 19.7 Å². The summed E-state index contributed by atoms with van der Waals surface area (Å²) in [6.07, 6.45) is 4.70. The molecule has 2 N–H and O–H groups in total. The summed E-state index contributed by atoms with van der Waals surface area (Å²) in [5.41, 5.74) is 6.28. The van der Waals surface area contributed by atoms with E-state index in [0.717, 1.165) is 32.0 Å². The Morgan fingerprint density at radius 2 is 1.73 bits per heavy atom. The standard InChI is InChI=1S/C27H34F3N7O3/c1-15(2)25-34-27(40-35-25)36-6-4-16(5-7-36)24(14-38-3)39-17-10-32-26(33-11-17)37-12-19(23(31)13-37)18-8-21(29)22(30)9-20(18)28/h8-11,15-16,19,23-24H,4-7,12-14,31H2,1-3H3/t19-,23?,24-/m1/s1. The van der Waals surface area contributed by atoms with Crippen molar-refractivity contribution in [3.05, 3.63) is 53.4 Å². The maximum Gasteiger partial charge on any atom is 0.324 e. The molecule has 2 saturated heterocycles. The normalized spacial score (nSPS) is 20.9. The van der Waals surface area contributed by atoms with Crippen LogP contribution in [-0.4, -0.2) is 72.2 Å². The van der Waals surface area contributed by atoms with Crippen LogP contribution < -0.4 is 20.3 Å². The molecule has 0 bridgehead atoms. The third-order valence-electron chi connectivity index (χ3n) is 7.60. The minimum Gasteiger partial charge on any atom is -0.484 e. The lowest BCUT2D eigenvalue weighted by molar-refractivity contribution is 0.0340. The number of nitrogens with zero attached hydrogens (tertiary/aromatic N) is 6. The minimum atomic E-state index is -1.23. The van der Waals surface area contributed by atoms with Crippen molar-refractivity contribution < 1.29 is 27.2 Å². The number of halogens is 3. The first-order chi connectivity index (χ1) is 19.2. The lowest BCUT2D eigenvalue weighted by Gasteiger charge is -2.34. The van der Waals surface area contributed by atoms with Crippen molar-refractivity contribution in [2.45, 2.75) is 50.7 Å². The summed E-state index contributed by atoms with van der Waals surface area (Å²) in [6, 6.07) is 1.48. The Hall–Kier alpha value is -3.45. The quantitative estimate of drug-likeness (QED) is 0.388. The van der Waals surface area contributed by atoms with Crippen LogP contribution in [0.4, 0.5) is 25.1 Å². The van der Waals surface area contributed by atoms with Gasteiger partial charge in [0.1, 0.15) is 11.9 Å². The highest BCUT2D eigenvalue weighted by Gasteiger charge is 2.35. The molecular weight excluding hydrogens is 527 g/mol. The first-order valence-corrected chi connectivity index (χ1v) is 13.4. The Morgan fingerprint density at radius 3 is 2.38 bits per heavy atom. The number of piperidine rings is 1. The lowest BCUT2D eigenvalue weighted by Crippen LogP contribution is -2.41. The molecule has 0 saturated carbocycles. The number of anilines is 2. The molecular formula is C27H34F3N7O3. The molecule has 40 heavy (non-hydrogen) atoms. The molecule has 3 atom stereocenters. The second kappa shape index (κ2) is 12.0. The molecule has 2 aliphatic rings. The van der Waals surface area contributed by atoms with Crippen LogP contribution >= 0.6 is 0 Å². The Labute approximate surface area is 230 Å². The van der Waals surface area contributed by atoms with Gasteiger partial charge in [0.25, 0.3) is 0 Å². The summed E-state index contributed by atoms with van der Waals surface area (Å²) in [4.78, 5) is 17.3. The molecule has 13 heteroatoms. The number of methoxy groups -OCH3 is 1. The van der Waals surface area contributed by atoms with Crippen LogP contribution in [0.25, 0.3) is 0 Å². The Balaban J connectivity index is 1.19. The zero-order valence-electron chi connectivity index (χ0n) is 22.8. The predicted molar refractivity (Wildman–Crippen MR) is 141 cm³/mol. The first-order valence-electron chi connectivity index (χ1n) is 13.4. The molecule has 2 aliphatic heterocycles. The summed E-state index contributed by atoms with van der Waals surface area (Å²) in [5.74, 6) is -1.65. The second-order valence-corrected chi connectivity index (χ2v) is 10.7. The SMILES string of the molecule is COC[C@@H](Oc1cnc(N2CC(N)[C@@H](c3cc(F)c(F)cc3F)C2)nc1)C1CCN(c2nc(C(C)C)no2)CC1. The smallest absolute Gasteiger partial charge is 0.324 e. The summed E-state index contributed by atoms with van der Waals surface area (Å²) >= 11 is 0. The largest absolute Gasteiger partial charge is 0.484 e. The average molecular weight is 562 g/mol. The van der Waals surface area contributed by atoms with Crippen LogP contribution in [0.1, 0.15) is 49.9 Å². The van der Waals surface area contributed by atoms with E-state index in [0.29, 0.717) is 42.8 Å². The first kappa shape index (κ1) is 28.1. The fourth-order valence-corrected chi connectivity index (χ4v) is 5.33. The Morgan fingerprint density at radius 1 is 1.02 bits per heavy atom. The van der Waals surface area contributed by atoms with Gasteiger partial charge in [-0.05, 0) is 24.5 Å². The molecule has 0 spiro atoms. The van der Waals surface area contributed by atoms with Crippen LogP contribution in [0, 0.1) is 23.4 Å². The van der Waals surface area contributed by atoms with Gasteiger partial charge in [-0.15, -0.1) is 0 Å². The monoisotopic (exact) mass is 561 g/mol. The van der Waals surface area contributed by atoms with E-state index in [9.17, 15) is 13.2 Å². The van der Waals surface area contributed by atoms with Crippen molar-refractivity contribution in [2.75, 3.05) is 49.7 Å². The van der Waals surface area contributed by atoms with Gasteiger partial charge in [0.05, 0.1) is 19.0 Å². The van der Waals surface area contributed by atoms with Gasteiger partial charge in [0.15, 0.2) is 23.2 Å². The maximum absolute atomic E-state index is 14.4. The number of ether oxygens (including phenoxy) is 2. The van der Waals surface area contributed by atoms with E-state index in [-0.39, 0.29) is 30.0 Å². The number of hydrogen-bond acceptors (Lipinski definition) is 10. The van der Waals surface area contributed by atoms with Crippen LogP contribution in [0.15, 0.2) is 29.0 Å². The molecule has 3 aromatic rings. The van der Waals surface area contributed by atoms with Crippen LogP contribution in [-0.2, 0) is 4.74 Å². The zero-order valence-corrected chi connectivity index (χ0v) is 22.8. The molecule has 2 fully saturated rings. The molecule has 1 aromatic carbocycles. The summed E-state index contributed by atoms with van der Waals surface area (Å²) in [5, 5.41) is 4.06. The van der Waals surface area contributed by atoms with Gasteiger partial charge in [-0.1, -0.05) is 19.0 Å². The Bertz CT molecular complexity index is 1280. The molecule has 0 amide bonds. The molecule has 216 valence electrons. The van der Waals surface area contributed by atoms with E-state index in [2.05, 4.69) is 25.0 Å². The molecule has 10 nitrogen and oxygen atoms in total. The van der Waals surface area contributed by atoms with Gasteiger partial charge in [-0.25, -0.2) is 23.1 Å². The van der Waals surface area contributed by atoms with Crippen molar-refractivity contribution in [3.63, 3.8) is 0 Å². The minimum absolute atomic E-state index is 0.0433. The van der Waals surface area contributed by atoms with Crippen LogP contribution in [0.2, 0.25) is 0 Å². The van der Waals surface area contributed by atoms with E-state index >= 15 is 0 Å². The third kappa shape index (κ3) is 5.99. The number of benzene rings is 1. The van der Waals surface area contributed by atoms with Crippen LogP contribution in [0.5, 0.6) is 5.75 Å². The van der Waals surface area contributed by atoms with Crippen molar-refractivity contribution in [2.24, 2.45) is 11.7 Å². The number of aromatic nitrogens is 4. The highest BCUT2D eigenvalue weighted by molar-refractivity contribution is 5.39. The van der Waals surface area contributed by atoms with Gasteiger partial charge in [-0.3, -0.25) is 0 Å². The summed E-state index contributed by atoms with van der Waals surface area (Å²) in [7, 11) is 1.64. The van der Waals surface area contributed by atoms with Gasteiger partial charge < -0.3 is 29.5 Å². The zero-order chi connectivity index (χ0) is 28.4. The topological polar surface area (TPSA) is 116 Å². The molecule has 0 aliphatic carbocycles. The highest BCUT2D eigenvalue weighted by atomic mass is 19.2. The number of hydrogen-bond donors (Lipinski definition) is 1. The van der Waals surface area contributed by atoms with Crippen LogP contribution in [0.3, 0.4) is 0 Å². The highest BCUT2D eigenvalue weighted by Crippen LogP contribution is 2.32. The fraction of sp³-hybridized carbons (Fsp3) is 0.556. The molecule has 4 heterocycles. The molecule has 2 aromatic heterocycles. The molecule has 5 rings (SSSR count). The molecule has 0 radical (unpaired) electrons. The van der Waals surface area contributed by atoms with E-state index in [1.54, 1.807) is 24.4 Å². The van der Waals surface area contributed by atoms with Crippen molar-refractivity contribution in [3.8, 4) is 5.75 Å². The van der Waals surface area contributed by atoms with Crippen molar-refractivity contribution in [1.29, 1.82) is 0 Å². The van der Waals surface area contributed by atoms with E-state index < -0.39 is 29.4 Å². The van der Waals surface area contributed by atoms with Gasteiger partial charge in [0.2, 0.25) is 5.95 Å². The number of rotatable bonds is 9. The van der Waals surface area contributed by atoms with Crippen molar-refractivity contribution >= 4 is 12.0 Å². The lowest BCUT2D eigenvalue weighted by atomic mass is 9.91. The summed E-state index contributed by atoms with van der Waals surface area (Å²) in [6.45, 7) is 6.60. The molecule has 1 unspecified atom stereocenters. The van der Waals surface area contributed by atoms with Gasteiger partial charge >= 0.3 is 6.01 Å². The predicted octanol–water partition coefficient (Wildman–Crippen LogP) is 3.64. The summed E-state index contributed by atoms with van der Waals surface area (Å²) < 4.78 is 58.6. The third-order valence-corrected chi connectivity index (χ3v) is 7.60. The fourth-order valence-electron chi connectivity index (χ4n) is 5.33. The van der Waals surface area contributed by atoms with E-state index in [1.165, 1.54) is 0 Å². The van der Waals surface area contributed by atoms with Crippen molar-refractivity contribution in [1.82, 2.24) is 20.1 Å². The second-order valence-electron chi connectivity index (χ2n) is 10.7. The van der Waals surface area contributed by atoms with E-state index in [1.807, 2.05) is 13.8 Å². The number of nitrogens with two attached hydrogens (primary N) is 1. The average Bonchev–Trinajstić information content (AvgIpc) is 3.59.